The number of hydrogen-bond donors (Lipinski definition) is 1. The lowest BCUT2D eigenvalue weighted by molar-refractivity contribution is -0.123. The molecule has 0 aliphatic carbocycles. The van der Waals surface area contributed by atoms with E-state index >= 15 is 0 Å². The van der Waals surface area contributed by atoms with E-state index in [1.54, 1.807) is 6.92 Å². The second kappa shape index (κ2) is 6.53. The molecule has 1 atom stereocenters. The zero-order valence-electron chi connectivity index (χ0n) is 13.0. The van der Waals surface area contributed by atoms with Gasteiger partial charge in [0.1, 0.15) is 4.88 Å². The van der Waals surface area contributed by atoms with E-state index in [4.69, 9.17) is 4.74 Å². The Bertz CT molecular complexity index is 701. The van der Waals surface area contributed by atoms with Gasteiger partial charge in [-0.1, -0.05) is 0 Å². The van der Waals surface area contributed by atoms with Crippen molar-refractivity contribution in [3.05, 3.63) is 26.1 Å². The highest BCUT2D eigenvalue weighted by atomic mass is 32.1. The standard InChI is InChI=1S/C14H17N3O3S2/c1-6-9(4)21-14(16-6)17-12(18)8(3)20-13(19)11-7(2)15-10(5)22-11/h8H,1-5H3,(H,16,17,18)/t8-/m1/s1. The summed E-state index contributed by atoms with van der Waals surface area (Å²) in [6, 6.07) is 0. The molecule has 22 heavy (non-hydrogen) atoms. The maximum absolute atomic E-state index is 12.1. The third-order valence-corrected chi connectivity index (χ3v) is 5.04. The van der Waals surface area contributed by atoms with Crippen molar-refractivity contribution in [1.82, 2.24) is 9.97 Å². The number of ether oxygens (including phenoxy) is 1. The Labute approximate surface area is 136 Å². The van der Waals surface area contributed by atoms with Crippen molar-refractivity contribution in [3.8, 4) is 0 Å². The van der Waals surface area contributed by atoms with E-state index in [-0.39, 0.29) is 0 Å². The highest BCUT2D eigenvalue weighted by Gasteiger charge is 2.23. The lowest BCUT2D eigenvalue weighted by Gasteiger charge is -2.11. The van der Waals surface area contributed by atoms with Crippen LogP contribution in [0.15, 0.2) is 0 Å². The molecule has 0 saturated carbocycles. The number of carbonyl (C=O) groups excluding carboxylic acids is 2. The molecule has 0 spiro atoms. The minimum atomic E-state index is -0.904. The number of nitrogens with zero attached hydrogens (tertiary/aromatic N) is 2. The quantitative estimate of drug-likeness (QED) is 0.866. The number of aryl methyl sites for hydroxylation is 4. The summed E-state index contributed by atoms with van der Waals surface area (Å²) < 4.78 is 5.20. The molecule has 118 valence electrons. The van der Waals surface area contributed by atoms with E-state index in [0.717, 1.165) is 15.6 Å². The van der Waals surface area contributed by atoms with Crippen molar-refractivity contribution in [2.45, 2.75) is 40.7 Å². The van der Waals surface area contributed by atoms with Crippen LogP contribution in [0, 0.1) is 27.7 Å². The van der Waals surface area contributed by atoms with Gasteiger partial charge in [-0.15, -0.1) is 22.7 Å². The fourth-order valence-electron chi connectivity index (χ4n) is 1.72. The average Bonchev–Trinajstić information content (AvgIpc) is 2.91. The number of thiazole rings is 2. The van der Waals surface area contributed by atoms with Gasteiger partial charge in [0.05, 0.1) is 16.4 Å². The minimum Gasteiger partial charge on any atom is -0.448 e. The maximum Gasteiger partial charge on any atom is 0.351 e. The minimum absolute atomic E-state index is 0.402. The van der Waals surface area contributed by atoms with Crippen LogP contribution in [-0.2, 0) is 9.53 Å². The zero-order chi connectivity index (χ0) is 16.4. The number of nitrogens with one attached hydrogen (secondary N) is 1. The highest BCUT2D eigenvalue weighted by Crippen LogP contribution is 2.22. The molecule has 1 N–H and O–H groups in total. The summed E-state index contributed by atoms with van der Waals surface area (Å²) in [5.74, 6) is -0.932. The Kier molecular flexibility index (Phi) is 4.92. The number of aromatic nitrogens is 2. The molecule has 0 unspecified atom stereocenters. The van der Waals surface area contributed by atoms with Crippen molar-refractivity contribution in [2.24, 2.45) is 0 Å². The summed E-state index contributed by atoms with van der Waals surface area (Å²) in [6.07, 6.45) is -0.904. The van der Waals surface area contributed by atoms with Gasteiger partial charge in [0.25, 0.3) is 5.91 Å². The van der Waals surface area contributed by atoms with Gasteiger partial charge in [0.2, 0.25) is 0 Å². The van der Waals surface area contributed by atoms with Crippen molar-refractivity contribution in [1.29, 1.82) is 0 Å². The molecule has 0 aromatic carbocycles. The molecule has 0 aliphatic rings. The third kappa shape index (κ3) is 3.69. The van der Waals surface area contributed by atoms with Gasteiger partial charge in [-0.05, 0) is 34.6 Å². The van der Waals surface area contributed by atoms with E-state index in [0.29, 0.717) is 15.7 Å². The smallest absolute Gasteiger partial charge is 0.351 e. The number of rotatable bonds is 4. The number of carbonyl (C=O) groups is 2. The number of hydrogen-bond acceptors (Lipinski definition) is 7. The van der Waals surface area contributed by atoms with Crippen LogP contribution in [0.4, 0.5) is 5.13 Å². The predicted molar refractivity (Wildman–Crippen MR) is 86.7 cm³/mol. The molecule has 2 aromatic heterocycles. The first kappa shape index (κ1) is 16.6. The van der Waals surface area contributed by atoms with E-state index in [1.807, 2.05) is 20.8 Å². The second-order valence-electron chi connectivity index (χ2n) is 4.84. The SMILES string of the molecule is Cc1nc(C)c(C(=O)O[C@H](C)C(=O)Nc2nc(C)c(C)s2)s1. The lowest BCUT2D eigenvalue weighted by Crippen LogP contribution is -2.29. The Hall–Kier alpha value is -1.80. The molecule has 8 heteroatoms. The summed E-state index contributed by atoms with van der Waals surface area (Å²) in [5, 5.41) is 3.95. The van der Waals surface area contributed by atoms with Crippen LogP contribution in [-0.4, -0.2) is 27.9 Å². The Morgan fingerprint density at radius 2 is 1.77 bits per heavy atom. The summed E-state index contributed by atoms with van der Waals surface area (Å²) in [4.78, 5) is 34.0. The van der Waals surface area contributed by atoms with Gasteiger partial charge in [0, 0.05) is 4.88 Å². The highest BCUT2D eigenvalue weighted by molar-refractivity contribution is 7.15. The van der Waals surface area contributed by atoms with E-state index in [9.17, 15) is 9.59 Å². The lowest BCUT2D eigenvalue weighted by atomic mass is 10.3. The fraction of sp³-hybridized carbons (Fsp3) is 0.429. The summed E-state index contributed by atoms with van der Waals surface area (Å²) in [5.41, 5.74) is 1.49. The topological polar surface area (TPSA) is 81.2 Å². The molecule has 0 aliphatic heterocycles. The van der Waals surface area contributed by atoms with Crippen molar-refractivity contribution in [3.63, 3.8) is 0 Å². The Morgan fingerprint density at radius 3 is 2.27 bits per heavy atom. The monoisotopic (exact) mass is 339 g/mol. The number of anilines is 1. The Balaban J connectivity index is 1.99. The molecule has 2 aromatic rings. The molecule has 2 rings (SSSR count). The van der Waals surface area contributed by atoms with Gasteiger partial charge < -0.3 is 4.74 Å². The van der Waals surface area contributed by atoms with E-state index < -0.39 is 18.0 Å². The molecule has 1 amide bonds. The van der Waals surface area contributed by atoms with Crippen LogP contribution in [0.1, 0.15) is 37.9 Å². The third-order valence-electron chi connectivity index (χ3n) is 3.00. The number of amides is 1. The van der Waals surface area contributed by atoms with Crippen molar-refractivity contribution in [2.75, 3.05) is 5.32 Å². The first-order chi connectivity index (χ1) is 10.3. The second-order valence-corrected chi connectivity index (χ2v) is 7.25. The zero-order valence-corrected chi connectivity index (χ0v) is 14.6. The summed E-state index contributed by atoms with van der Waals surface area (Å²) in [6.45, 7) is 8.90. The molecular formula is C14H17N3O3S2. The molecule has 0 radical (unpaired) electrons. The van der Waals surface area contributed by atoms with Crippen LogP contribution in [0.3, 0.4) is 0 Å². The molecular weight excluding hydrogens is 322 g/mol. The first-order valence-electron chi connectivity index (χ1n) is 6.68. The molecule has 2 heterocycles. The maximum atomic E-state index is 12.1. The van der Waals surface area contributed by atoms with Gasteiger partial charge >= 0.3 is 5.97 Å². The Morgan fingerprint density at radius 1 is 1.09 bits per heavy atom. The van der Waals surface area contributed by atoms with Crippen molar-refractivity contribution < 1.29 is 14.3 Å². The normalized spacial score (nSPS) is 12.0. The van der Waals surface area contributed by atoms with E-state index in [2.05, 4.69) is 15.3 Å². The average molecular weight is 339 g/mol. The van der Waals surface area contributed by atoms with Gasteiger partial charge in [0.15, 0.2) is 11.2 Å². The predicted octanol–water partition coefficient (Wildman–Crippen LogP) is 3.02. The molecule has 0 fully saturated rings. The van der Waals surface area contributed by atoms with Crippen LogP contribution in [0.2, 0.25) is 0 Å². The molecule has 6 nitrogen and oxygen atoms in total. The van der Waals surface area contributed by atoms with Crippen LogP contribution < -0.4 is 5.32 Å². The van der Waals surface area contributed by atoms with Crippen LogP contribution in [0.5, 0.6) is 0 Å². The summed E-state index contributed by atoms with van der Waals surface area (Å²) in [7, 11) is 0. The van der Waals surface area contributed by atoms with Crippen LogP contribution >= 0.6 is 22.7 Å². The van der Waals surface area contributed by atoms with Gasteiger partial charge in [-0.2, -0.15) is 0 Å². The summed E-state index contributed by atoms with van der Waals surface area (Å²) >= 11 is 2.65. The molecule has 0 saturated heterocycles. The largest absolute Gasteiger partial charge is 0.448 e. The van der Waals surface area contributed by atoms with Crippen LogP contribution in [0.25, 0.3) is 0 Å². The number of esters is 1. The van der Waals surface area contributed by atoms with Gasteiger partial charge in [-0.3, -0.25) is 10.1 Å². The first-order valence-corrected chi connectivity index (χ1v) is 8.31. The van der Waals surface area contributed by atoms with Crippen molar-refractivity contribution >= 4 is 39.7 Å². The van der Waals surface area contributed by atoms with Gasteiger partial charge in [-0.25, -0.2) is 14.8 Å². The fourth-order valence-corrected chi connectivity index (χ4v) is 3.34. The molecule has 0 bridgehead atoms. The van der Waals surface area contributed by atoms with E-state index in [1.165, 1.54) is 29.6 Å².